The molecule has 3 amide bonds. The van der Waals surface area contributed by atoms with Gasteiger partial charge in [-0.05, 0) is 48.5 Å². The molecule has 0 aliphatic carbocycles. The minimum Gasteiger partial charge on any atom is -0.497 e. The molecule has 0 spiro atoms. The molecular weight excluding hydrogens is 440 g/mol. The highest BCUT2D eigenvalue weighted by Gasteiger charge is 2.38. The molecule has 1 aliphatic heterocycles. The summed E-state index contributed by atoms with van der Waals surface area (Å²) in [6.07, 6.45) is -0.301. The van der Waals surface area contributed by atoms with Crippen LogP contribution in [-0.2, 0) is 9.59 Å². The van der Waals surface area contributed by atoms with Crippen LogP contribution in [0.25, 0.3) is 0 Å². The van der Waals surface area contributed by atoms with Crippen LogP contribution in [0.3, 0.4) is 0 Å². The highest BCUT2D eigenvalue weighted by molar-refractivity contribution is 6.17. The van der Waals surface area contributed by atoms with Gasteiger partial charge in [-0.25, -0.2) is 0 Å². The van der Waals surface area contributed by atoms with Crippen molar-refractivity contribution in [1.29, 1.82) is 0 Å². The number of methoxy groups -OCH3 is 1. The third kappa shape index (κ3) is 4.56. The van der Waals surface area contributed by atoms with Crippen LogP contribution in [0.15, 0.2) is 72.8 Å². The van der Waals surface area contributed by atoms with E-state index in [1.165, 1.54) is 36.3 Å². The lowest BCUT2D eigenvalue weighted by Gasteiger charge is -2.36. The maximum atomic E-state index is 13.4. The third-order valence-corrected chi connectivity index (χ3v) is 5.33. The molecule has 1 atom stereocenters. The van der Waals surface area contributed by atoms with Gasteiger partial charge in [0.1, 0.15) is 11.8 Å². The summed E-state index contributed by atoms with van der Waals surface area (Å²) in [5, 5.41) is 16.4. The fraction of sp³-hybridized carbons (Fsp3) is 0.125. The average molecular weight is 460 g/mol. The number of non-ortho nitro benzene ring substituents is 1. The zero-order valence-corrected chi connectivity index (χ0v) is 18.1. The number of nitro groups is 1. The van der Waals surface area contributed by atoms with Crippen molar-refractivity contribution in [3.63, 3.8) is 0 Å². The number of fused-ring (bicyclic) bond motifs is 1. The molecule has 0 aromatic heterocycles. The van der Waals surface area contributed by atoms with Gasteiger partial charge in [0.15, 0.2) is 0 Å². The topological polar surface area (TPSA) is 131 Å². The van der Waals surface area contributed by atoms with Crippen LogP contribution < -0.4 is 20.3 Å². The SMILES string of the molecule is COc1ccc(NC(=O)C[C@H]2C(=O)Nc3ccccc3N2C(=O)c2ccc([N+](=O)[O-])cc2)cc1. The number of benzene rings is 3. The van der Waals surface area contributed by atoms with E-state index in [1.807, 2.05) is 0 Å². The first kappa shape index (κ1) is 22.5. The summed E-state index contributed by atoms with van der Waals surface area (Å²) in [5.74, 6) is -0.911. The largest absolute Gasteiger partial charge is 0.497 e. The van der Waals surface area contributed by atoms with Gasteiger partial charge in [0.2, 0.25) is 11.8 Å². The van der Waals surface area contributed by atoms with Crippen molar-refractivity contribution in [2.24, 2.45) is 0 Å². The van der Waals surface area contributed by atoms with Crippen LogP contribution in [0, 0.1) is 10.1 Å². The minimum atomic E-state index is -1.13. The standard InChI is InChI=1S/C24H20N4O6/c1-34-18-12-8-16(9-13-18)25-22(29)14-21-23(30)26-19-4-2-3-5-20(19)27(21)24(31)15-6-10-17(11-7-15)28(32)33/h2-13,21H,14H2,1H3,(H,25,29)(H,26,30)/t21-/m0/s1. The molecule has 4 rings (SSSR count). The van der Waals surface area contributed by atoms with E-state index < -0.39 is 28.7 Å². The number of anilines is 3. The molecule has 0 unspecified atom stereocenters. The fourth-order valence-corrected chi connectivity index (χ4v) is 3.65. The Morgan fingerprint density at radius 2 is 1.74 bits per heavy atom. The maximum Gasteiger partial charge on any atom is 0.269 e. The van der Waals surface area contributed by atoms with Crippen LogP contribution in [-0.4, -0.2) is 35.8 Å². The van der Waals surface area contributed by atoms with Crippen molar-refractivity contribution in [2.45, 2.75) is 12.5 Å². The molecule has 2 N–H and O–H groups in total. The number of para-hydroxylation sites is 2. The summed E-state index contributed by atoms with van der Waals surface area (Å²) in [5.41, 5.74) is 1.34. The number of rotatable bonds is 6. The number of carbonyl (C=O) groups is 3. The van der Waals surface area contributed by atoms with Crippen LogP contribution >= 0.6 is 0 Å². The molecule has 172 valence electrons. The van der Waals surface area contributed by atoms with Crippen molar-refractivity contribution >= 4 is 40.5 Å². The molecule has 1 heterocycles. The second-order valence-corrected chi connectivity index (χ2v) is 7.48. The number of nitrogens with one attached hydrogen (secondary N) is 2. The van der Waals surface area contributed by atoms with Crippen molar-refractivity contribution < 1.29 is 24.0 Å². The molecule has 1 aliphatic rings. The molecule has 0 fully saturated rings. The number of amides is 3. The Morgan fingerprint density at radius 1 is 1.06 bits per heavy atom. The van der Waals surface area contributed by atoms with E-state index >= 15 is 0 Å². The number of nitro benzene ring substituents is 1. The van der Waals surface area contributed by atoms with Gasteiger partial charge in [0, 0.05) is 23.4 Å². The van der Waals surface area contributed by atoms with Crippen LogP contribution in [0.5, 0.6) is 5.75 Å². The van der Waals surface area contributed by atoms with E-state index in [9.17, 15) is 24.5 Å². The normalized spacial score (nSPS) is 14.6. The molecule has 0 radical (unpaired) electrons. The smallest absolute Gasteiger partial charge is 0.269 e. The van der Waals surface area contributed by atoms with Gasteiger partial charge in [-0.1, -0.05) is 12.1 Å². The molecule has 0 saturated heterocycles. The Balaban J connectivity index is 1.62. The van der Waals surface area contributed by atoms with E-state index in [2.05, 4.69) is 10.6 Å². The van der Waals surface area contributed by atoms with Gasteiger partial charge in [0.05, 0.1) is 29.8 Å². The van der Waals surface area contributed by atoms with Gasteiger partial charge in [0.25, 0.3) is 11.6 Å². The lowest BCUT2D eigenvalue weighted by atomic mass is 10.0. The minimum absolute atomic E-state index is 0.149. The monoisotopic (exact) mass is 460 g/mol. The van der Waals surface area contributed by atoms with E-state index in [0.29, 0.717) is 22.8 Å². The number of hydrogen-bond donors (Lipinski definition) is 2. The van der Waals surface area contributed by atoms with Crippen LogP contribution in [0.4, 0.5) is 22.7 Å². The number of ether oxygens (including phenoxy) is 1. The van der Waals surface area contributed by atoms with Crippen molar-refractivity contribution in [3.05, 3.63) is 88.5 Å². The zero-order valence-electron chi connectivity index (χ0n) is 18.1. The Bertz CT molecular complexity index is 1260. The van der Waals surface area contributed by atoms with Crippen molar-refractivity contribution in [2.75, 3.05) is 22.6 Å². The first-order chi connectivity index (χ1) is 16.4. The molecule has 3 aromatic rings. The predicted molar refractivity (Wildman–Crippen MR) is 125 cm³/mol. The van der Waals surface area contributed by atoms with E-state index in [4.69, 9.17) is 4.74 Å². The Kier molecular flexibility index (Phi) is 6.22. The third-order valence-electron chi connectivity index (χ3n) is 5.33. The summed E-state index contributed by atoms with van der Waals surface area (Å²) >= 11 is 0. The Morgan fingerprint density at radius 3 is 2.38 bits per heavy atom. The quantitative estimate of drug-likeness (QED) is 0.427. The molecule has 10 nitrogen and oxygen atoms in total. The van der Waals surface area contributed by atoms with Gasteiger partial charge < -0.3 is 15.4 Å². The van der Waals surface area contributed by atoms with Crippen molar-refractivity contribution in [3.8, 4) is 5.75 Å². The molecule has 3 aromatic carbocycles. The summed E-state index contributed by atoms with van der Waals surface area (Å²) in [7, 11) is 1.53. The average Bonchev–Trinajstić information content (AvgIpc) is 2.84. The molecule has 0 saturated carbocycles. The van der Waals surface area contributed by atoms with Gasteiger partial charge in [-0.15, -0.1) is 0 Å². The zero-order chi connectivity index (χ0) is 24.2. The molecule has 10 heteroatoms. The Labute approximate surface area is 194 Å². The number of nitrogens with zero attached hydrogens (tertiary/aromatic N) is 2. The molecular formula is C24H20N4O6. The van der Waals surface area contributed by atoms with Crippen molar-refractivity contribution in [1.82, 2.24) is 0 Å². The van der Waals surface area contributed by atoms with Gasteiger partial charge in [-0.3, -0.25) is 29.4 Å². The lowest BCUT2D eigenvalue weighted by Crippen LogP contribution is -2.52. The summed E-state index contributed by atoms with van der Waals surface area (Å²) in [6.45, 7) is 0. The molecule has 34 heavy (non-hydrogen) atoms. The molecule has 0 bridgehead atoms. The highest BCUT2D eigenvalue weighted by Crippen LogP contribution is 2.34. The highest BCUT2D eigenvalue weighted by atomic mass is 16.6. The predicted octanol–water partition coefficient (Wildman–Crippen LogP) is 3.60. The lowest BCUT2D eigenvalue weighted by molar-refractivity contribution is -0.384. The summed E-state index contributed by atoms with van der Waals surface area (Å²) in [4.78, 5) is 50.8. The summed E-state index contributed by atoms with van der Waals surface area (Å²) < 4.78 is 5.10. The van der Waals surface area contributed by atoms with Crippen LogP contribution in [0.2, 0.25) is 0 Å². The van der Waals surface area contributed by atoms with Gasteiger partial charge in [-0.2, -0.15) is 0 Å². The summed E-state index contributed by atoms with van der Waals surface area (Å²) in [6, 6.07) is 17.4. The van der Waals surface area contributed by atoms with E-state index in [-0.39, 0.29) is 17.7 Å². The maximum absolute atomic E-state index is 13.4. The van der Waals surface area contributed by atoms with Gasteiger partial charge >= 0.3 is 0 Å². The van der Waals surface area contributed by atoms with Crippen LogP contribution in [0.1, 0.15) is 16.8 Å². The van der Waals surface area contributed by atoms with E-state index in [1.54, 1.807) is 48.5 Å². The second kappa shape index (κ2) is 9.41. The first-order valence-electron chi connectivity index (χ1n) is 10.3. The fourth-order valence-electron chi connectivity index (χ4n) is 3.65. The number of carbonyl (C=O) groups excluding carboxylic acids is 3. The number of hydrogen-bond acceptors (Lipinski definition) is 6. The Hall–Kier alpha value is -4.73. The first-order valence-corrected chi connectivity index (χ1v) is 10.3. The second-order valence-electron chi connectivity index (χ2n) is 7.48. The van der Waals surface area contributed by atoms with E-state index in [0.717, 1.165) is 0 Å².